The number of imide groups is 1. The molecule has 2 aromatic carbocycles. The fourth-order valence-corrected chi connectivity index (χ4v) is 5.95. The van der Waals surface area contributed by atoms with Gasteiger partial charge in [0.2, 0.25) is 5.75 Å². The highest BCUT2D eigenvalue weighted by atomic mass is 16.6. The summed E-state index contributed by atoms with van der Waals surface area (Å²) in [6, 6.07) is 12.6. The molecule has 2 heterocycles. The van der Waals surface area contributed by atoms with Crippen LogP contribution in [0.2, 0.25) is 0 Å². The first-order valence-electron chi connectivity index (χ1n) is 15.6. The van der Waals surface area contributed by atoms with E-state index in [0.29, 0.717) is 81.1 Å². The molecule has 2 aliphatic rings. The lowest BCUT2D eigenvalue weighted by Gasteiger charge is -2.22. The van der Waals surface area contributed by atoms with Crippen molar-refractivity contribution < 1.29 is 42.9 Å². The van der Waals surface area contributed by atoms with Gasteiger partial charge in [0.05, 0.1) is 32.5 Å². The second-order valence-corrected chi connectivity index (χ2v) is 11.4. The Bertz CT molecular complexity index is 1910. The lowest BCUT2D eigenvalue weighted by Crippen LogP contribution is -2.39. The Morgan fingerprint density at radius 2 is 1.38 bits per heavy atom. The quantitative estimate of drug-likeness (QED) is 0.204. The molecular formula is C36H35N3O9. The smallest absolute Gasteiger partial charge is 0.425 e. The largest absolute Gasteiger partial charge is 0.493 e. The van der Waals surface area contributed by atoms with Crippen LogP contribution in [0.5, 0.6) is 17.2 Å². The third-order valence-electron chi connectivity index (χ3n) is 8.43. The molecule has 1 N–H and O–H groups in total. The van der Waals surface area contributed by atoms with Crippen molar-refractivity contribution in [3.63, 3.8) is 0 Å². The van der Waals surface area contributed by atoms with Crippen LogP contribution in [0.1, 0.15) is 38.5 Å². The van der Waals surface area contributed by atoms with Crippen LogP contribution >= 0.6 is 0 Å². The van der Waals surface area contributed by atoms with E-state index in [1.54, 1.807) is 30.4 Å². The molecule has 2 amide bonds. The first kappa shape index (κ1) is 32.3. The van der Waals surface area contributed by atoms with Gasteiger partial charge < -0.3 is 28.7 Å². The predicted molar refractivity (Wildman–Crippen MR) is 178 cm³/mol. The highest BCUT2D eigenvalue weighted by molar-refractivity contribution is 6.15. The number of pyridine rings is 1. The molecule has 4 aromatic rings. The zero-order valence-corrected chi connectivity index (χ0v) is 26.9. The minimum atomic E-state index is -1.09. The standard InChI is InChI=1S/C36H35N3O9/c1-44-29-16-23(17-30(45-2)34(29)46-3)32-33-25(24-12-6-7-13-26(24)37-33)18-31(38-32)39(35(42)47-19-21-10-4-8-14-27(21)40)36(43)48-20-22-11-5-9-15-28(22)41/h6-7,10-13,16-18,37H,4-5,8-9,14-15,19-20H2,1-3H3. The maximum Gasteiger partial charge on any atom is 0.425 e. The molecule has 0 fully saturated rings. The van der Waals surface area contributed by atoms with E-state index < -0.39 is 12.2 Å². The van der Waals surface area contributed by atoms with Gasteiger partial charge in [0.1, 0.15) is 19.0 Å². The van der Waals surface area contributed by atoms with Crippen molar-refractivity contribution in [3.8, 4) is 28.5 Å². The number of rotatable bonds is 9. The highest BCUT2D eigenvalue weighted by Gasteiger charge is 2.32. The van der Waals surface area contributed by atoms with E-state index in [4.69, 9.17) is 28.7 Å². The fourth-order valence-electron chi connectivity index (χ4n) is 5.95. The maximum atomic E-state index is 13.8. The van der Waals surface area contributed by atoms with E-state index in [0.717, 1.165) is 23.7 Å². The number of hydrogen-bond donors (Lipinski definition) is 1. The average molecular weight is 654 g/mol. The first-order chi connectivity index (χ1) is 23.3. The van der Waals surface area contributed by atoms with Gasteiger partial charge in [0.15, 0.2) is 23.1 Å². The zero-order valence-electron chi connectivity index (χ0n) is 26.9. The molecular weight excluding hydrogens is 618 g/mol. The van der Waals surface area contributed by atoms with Crippen molar-refractivity contribution in [1.82, 2.24) is 9.97 Å². The summed E-state index contributed by atoms with van der Waals surface area (Å²) in [6.07, 6.45) is 4.82. The predicted octanol–water partition coefficient (Wildman–Crippen LogP) is 6.85. The number of aromatic nitrogens is 2. The van der Waals surface area contributed by atoms with Gasteiger partial charge in [-0.15, -0.1) is 0 Å². The number of hydrogen-bond acceptors (Lipinski definition) is 10. The molecule has 0 saturated carbocycles. The fraction of sp³-hybridized carbons (Fsp3) is 0.306. The topological polar surface area (TPSA) is 146 Å². The Morgan fingerprint density at radius 1 is 0.792 bits per heavy atom. The second kappa shape index (κ2) is 14.0. The van der Waals surface area contributed by atoms with Crippen LogP contribution in [0.3, 0.4) is 0 Å². The number of H-pyrrole nitrogens is 1. The number of allylic oxidation sites excluding steroid dienone is 2. The molecule has 6 rings (SSSR count). The van der Waals surface area contributed by atoms with E-state index >= 15 is 0 Å². The average Bonchev–Trinajstić information content (AvgIpc) is 3.48. The molecule has 0 spiro atoms. The summed E-state index contributed by atoms with van der Waals surface area (Å²) < 4.78 is 27.8. The number of Topliss-reactive ketones (excluding diaryl/α,β-unsaturated/α-hetero) is 2. The molecule has 0 saturated heterocycles. The Morgan fingerprint density at radius 3 is 1.92 bits per heavy atom. The number of amides is 2. The minimum Gasteiger partial charge on any atom is -0.493 e. The Balaban J connectivity index is 1.48. The number of anilines is 1. The van der Waals surface area contributed by atoms with Crippen molar-refractivity contribution in [2.75, 3.05) is 39.4 Å². The number of ether oxygens (including phenoxy) is 5. The number of methoxy groups -OCH3 is 3. The van der Waals surface area contributed by atoms with E-state index in [1.165, 1.54) is 21.3 Å². The van der Waals surface area contributed by atoms with Gasteiger partial charge in [-0.2, -0.15) is 4.90 Å². The van der Waals surface area contributed by atoms with E-state index in [1.807, 2.05) is 24.3 Å². The van der Waals surface area contributed by atoms with Crippen LogP contribution in [-0.4, -0.2) is 68.3 Å². The van der Waals surface area contributed by atoms with Crippen LogP contribution in [0, 0.1) is 0 Å². The molecule has 12 heteroatoms. The summed E-state index contributed by atoms with van der Waals surface area (Å²) in [6.45, 7) is -0.639. The lowest BCUT2D eigenvalue weighted by molar-refractivity contribution is -0.117. The summed E-state index contributed by atoms with van der Waals surface area (Å²) in [4.78, 5) is 61.4. The normalized spacial score (nSPS) is 14.7. The molecule has 248 valence electrons. The van der Waals surface area contributed by atoms with Gasteiger partial charge in [-0.05, 0) is 49.9 Å². The van der Waals surface area contributed by atoms with Gasteiger partial charge in [-0.1, -0.05) is 30.4 Å². The van der Waals surface area contributed by atoms with Crippen molar-refractivity contribution in [3.05, 3.63) is 65.8 Å². The SMILES string of the molecule is COc1cc(-c2nc(N(C(=O)OCC3=CCCCC3=O)C(=O)OCC3=CCCCC3=O)cc3c2[nH]c2ccccc23)cc(OC)c1OC. The molecule has 0 atom stereocenters. The Hall–Kier alpha value is -5.65. The van der Waals surface area contributed by atoms with E-state index in [-0.39, 0.29) is 30.6 Å². The van der Waals surface area contributed by atoms with Crippen LogP contribution in [-0.2, 0) is 19.1 Å². The summed E-state index contributed by atoms with van der Waals surface area (Å²) >= 11 is 0. The molecule has 0 unspecified atom stereocenters. The van der Waals surface area contributed by atoms with Crippen molar-refractivity contribution in [2.45, 2.75) is 38.5 Å². The molecule has 12 nitrogen and oxygen atoms in total. The number of ketones is 2. The lowest BCUT2D eigenvalue weighted by atomic mass is 9.99. The summed E-state index contributed by atoms with van der Waals surface area (Å²) in [5, 5.41) is 1.46. The molecule has 0 bridgehead atoms. The Kier molecular flexibility index (Phi) is 9.42. The molecule has 48 heavy (non-hydrogen) atoms. The number of para-hydroxylation sites is 1. The van der Waals surface area contributed by atoms with Crippen molar-refractivity contribution >= 4 is 51.4 Å². The third-order valence-corrected chi connectivity index (χ3v) is 8.43. The van der Waals surface area contributed by atoms with Gasteiger partial charge in [-0.25, -0.2) is 14.6 Å². The van der Waals surface area contributed by atoms with Crippen LogP contribution in [0.4, 0.5) is 15.4 Å². The number of carbonyl (C=O) groups is 4. The minimum absolute atomic E-state index is 0.0982. The van der Waals surface area contributed by atoms with Crippen molar-refractivity contribution in [1.29, 1.82) is 0 Å². The van der Waals surface area contributed by atoms with Crippen LogP contribution in [0.25, 0.3) is 33.1 Å². The van der Waals surface area contributed by atoms with Gasteiger partial charge in [0.25, 0.3) is 0 Å². The van der Waals surface area contributed by atoms with Crippen LogP contribution < -0.4 is 19.1 Å². The van der Waals surface area contributed by atoms with Gasteiger partial charge >= 0.3 is 12.2 Å². The summed E-state index contributed by atoms with van der Waals surface area (Å²) in [5.41, 5.74) is 3.02. The molecule has 2 aromatic heterocycles. The number of nitrogens with one attached hydrogen (secondary N) is 1. The number of nitrogens with zero attached hydrogens (tertiary/aromatic N) is 2. The number of carbonyl (C=O) groups excluding carboxylic acids is 4. The number of benzene rings is 2. The molecule has 0 aliphatic heterocycles. The third kappa shape index (κ3) is 6.33. The summed E-state index contributed by atoms with van der Waals surface area (Å²) in [5.74, 6) is 0.784. The maximum absolute atomic E-state index is 13.8. The van der Waals surface area contributed by atoms with Crippen molar-refractivity contribution in [2.24, 2.45) is 0 Å². The first-order valence-corrected chi connectivity index (χ1v) is 15.6. The zero-order chi connectivity index (χ0) is 33.8. The van der Waals surface area contributed by atoms with E-state index in [2.05, 4.69) is 4.98 Å². The number of fused-ring (bicyclic) bond motifs is 3. The van der Waals surface area contributed by atoms with Crippen LogP contribution in [0.15, 0.2) is 65.8 Å². The molecule has 0 radical (unpaired) electrons. The van der Waals surface area contributed by atoms with Gasteiger partial charge in [-0.3, -0.25) is 9.59 Å². The monoisotopic (exact) mass is 653 g/mol. The Labute approximate surface area is 276 Å². The van der Waals surface area contributed by atoms with Gasteiger partial charge in [0, 0.05) is 45.8 Å². The highest BCUT2D eigenvalue weighted by Crippen LogP contribution is 2.43. The van der Waals surface area contributed by atoms with E-state index in [9.17, 15) is 19.2 Å². The molecule has 2 aliphatic carbocycles. The summed E-state index contributed by atoms with van der Waals surface area (Å²) in [7, 11) is 4.49. The second-order valence-electron chi connectivity index (χ2n) is 11.4. The number of aromatic amines is 1.